The van der Waals surface area contributed by atoms with Crippen molar-refractivity contribution in [3.63, 3.8) is 0 Å². The number of nitrogens with zero attached hydrogens (tertiary/aromatic N) is 3. The van der Waals surface area contributed by atoms with Crippen molar-refractivity contribution in [2.24, 2.45) is 11.7 Å². The first-order chi connectivity index (χ1) is 13.7. The van der Waals surface area contributed by atoms with E-state index in [1.54, 1.807) is 0 Å². The van der Waals surface area contributed by atoms with E-state index in [1.807, 2.05) is 64.3 Å². The normalized spacial score (nSPS) is 15.0. The Hall–Kier alpha value is -2.92. The van der Waals surface area contributed by atoms with Crippen molar-refractivity contribution in [2.75, 3.05) is 19.6 Å². The number of nitrogens with two attached hydrogens (primary N) is 1. The molecule has 0 saturated carbocycles. The Labute approximate surface area is 165 Å². The second-order valence-corrected chi connectivity index (χ2v) is 7.41. The van der Waals surface area contributed by atoms with Gasteiger partial charge < -0.3 is 10.6 Å². The molecular formula is C23H26N4O. The molecule has 3 aromatic rings. The molecule has 5 heteroatoms. The van der Waals surface area contributed by atoms with E-state index >= 15 is 0 Å². The average molecular weight is 374 g/mol. The zero-order valence-corrected chi connectivity index (χ0v) is 16.0. The lowest BCUT2D eigenvalue weighted by Crippen LogP contribution is -2.40. The van der Waals surface area contributed by atoms with Crippen LogP contribution in [0.3, 0.4) is 0 Å². The zero-order chi connectivity index (χ0) is 19.3. The number of hydrogen-bond donors (Lipinski definition) is 1. The van der Waals surface area contributed by atoms with Gasteiger partial charge in [0.1, 0.15) is 5.69 Å². The molecule has 2 N–H and O–H groups in total. The first-order valence-corrected chi connectivity index (χ1v) is 9.90. The third kappa shape index (κ3) is 3.99. The van der Waals surface area contributed by atoms with Gasteiger partial charge in [0.05, 0.1) is 12.1 Å². The van der Waals surface area contributed by atoms with E-state index in [1.165, 1.54) is 0 Å². The summed E-state index contributed by atoms with van der Waals surface area (Å²) in [6.45, 7) is 2.87. The van der Waals surface area contributed by atoms with E-state index in [4.69, 9.17) is 10.8 Å². The largest absolute Gasteiger partial charge is 0.339 e. The Bertz CT molecular complexity index is 912. The van der Waals surface area contributed by atoms with Crippen molar-refractivity contribution in [2.45, 2.75) is 19.4 Å². The Morgan fingerprint density at radius 1 is 1.00 bits per heavy atom. The molecule has 144 valence electrons. The summed E-state index contributed by atoms with van der Waals surface area (Å²) in [6.07, 6.45) is 3.84. The first-order valence-electron chi connectivity index (χ1n) is 9.90. The highest BCUT2D eigenvalue weighted by atomic mass is 16.2. The molecule has 1 fully saturated rings. The molecule has 1 aromatic heterocycles. The third-order valence-corrected chi connectivity index (χ3v) is 5.46. The van der Waals surface area contributed by atoms with Crippen molar-refractivity contribution < 1.29 is 4.79 Å². The zero-order valence-electron chi connectivity index (χ0n) is 16.0. The molecule has 0 unspecified atom stereocenters. The molecule has 1 aliphatic heterocycles. The van der Waals surface area contributed by atoms with E-state index in [2.05, 4.69) is 12.1 Å². The van der Waals surface area contributed by atoms with Crippen LogP contribution in [0.1, 0.15) is 28.8 Å². The fraction of sp³-hybridized carbons (Fsp3) is 0.304. The van der Waals surface area contributed by atoms with E-state index < -0.39 is 0 Å². The fourth-order valence-corrected chi connectivity index (χ4v) is 3.78. The molecule has 4 rings (SSSR count). The minimum atomic E-state index is 0.0636. The van der Waals surface area contributed by atoms with Crippen molar-refractivity contribution in [1.29, 1.82) is 0 Å². The summed E-state index contributed by atoms with van der Waals surface area (Å²) >= 11 is 0. The van der Waals surface area contributed by atoms with E-state index in [0.717, 1.165) is 42.8 Å². The maximum atomic E-state index is 13.3. The van der Waals surface area contributed by atoms with Gasteiger partial charge in [-0.25, -0.2) is 0 Å². The number of piperidine rings is 1. The molecule has 28 heavy (non-hydrogen) atoms. The Morgan fingerprint density at radius 3 is 2.29 bits per heavy atom. The minimum absolute atomic E-state index is 0.0636. The number of aromatic nitrogens is 2. The molecule has 0 radical (unpaired) electrons. The van der Waals surface area contributed by atoms with Crippen molar-refractivity contribution >= 4 is 5.91 Å². The number of carbonyl (C=O) groups is 1. The molecule has 1 amide bonds. The third-order valence-electron chi connectivity index (χ3n) is 5.46. The Balaban J connectivity index is 1.64. The van der Waals surface area contributed by atoms with Gasteiger partial charge in [-0.1, -0.05) is 60.7 Å². The van der Waals surface area contributed by atoms with Gasteiger partial charge in [-0.15, -0.1) is 0 Å². The number of hydrogen-bond acceptors (Lipinski definition) is 3. The van der Waals surface area contributed by atoms with Crippen molar-refractivity contribution in [3.05, 3.63) is 78.0 Å². The lowest BCUT2D eigenvalue weighted by molar-refractivity contribution is 0.0694. The lowest BCUT2D eigenvalue weighted by atomic mass is 9.96. The minimum Gasteiger partial charge on any atom is -0.339 e. The van der Waals surface area contributed by atoms with Gasteiger partial charge >= 0.3 is 0 Å². The van der Waals surface area contributed by atoms with Gasteiger partial charge in [-0.2, -0.15) is 5.10 Å². The summed E-state index contributed by atoms with van der Waals surface area (Å²) < 4.78 is 1.87. The van der Waals surface area contributed by atoms with Crippen LogP contribution in [0.2, 0.25) is 0 Å². The van der Waals surface area contributed by atoms with Crippen LogP contribution in [0.4, 0.5) is 0 Å². The van der Waals surface area contributed by atoms with Crippen LogP contribution in [0.5, 0.6) is 0 Å². The van der Waals surface area contributed by atoms with Gasteiger partial charge in [0.15, 0.2) is 0 Å². The molecule has 2 heterocycles. The predicted molar refractivity (Wildman–Crippen MR) is 111 cm³/mol. The van der Waals surface area contributed by atoms with Crippen LogP contribution in [-0.2, 0) is 6.54 Å². The predicted octanol–water partition coefficient (Wildman–Crippen LogP) is 3.41. The van der Waals surface area contributed by atoms with E-state index in [-0.39, 0.29) is 5.91 Å². The number of amides is 1. The number of rotatable bonds is 5. The summed E-state index contributed by atoms with van der Waals surface area (Å²) in [5, 5.41) is 4.77. The number of carbonyl (C=O) groups excluding carboxylic acids is 1. The summed E-state index contributed by atoms with van der Waals surface area (Å²) in [5.74, 6) is 0.590. The van der Waals surface area contributed by atoms with Crippen LogP contribution in [0, 0.1) is 5.92 Å². The Kier molecular flexibility index (Phi) is 5.53. The summed E-state index contributed by atoms with van der Waals surface area (Å²) in [4.78, 5) is 15.2. The van der Waals surface area contributed by atoms with E-state index in [9.17, 15) is 4.79 Å². The molecule has 0 atom stereocenters. The first kappa shape index (κ1) is 18.4. The van der Waals surface area contributed by atoms with Crippen molar-refractivity contribution in [3.8, 4) is 11.3 Å². The molecule has 0 bridgehead atoms. The summed E-state index contributed by atoms with van der Waals surface area (Å²) in [6, 6.07) is 20.1. The van der Waals surface area contributed by atoms with Gasteiger partial charge in [0.2, 0.25) is 0 Å². The summed E-state index contributed by atoms with van der Waals surface area (Å²) in [5.41, 5.74) is 9.35. The van der Waals surface area contributed by atoms with Gasteiger partial charge in [-0.05, 0) is 30.9 Å². The highest BCUT2D eigenvalue weighted by molar-refractivity contribution is 5.99. The van der Waals surface area contributed by atoms with Crippen molar-refractivity contribution in [1.82, 2.24) is 14.7 Å². The molecular weight excluding hydrogens is 348 g/mol. The molecule has 5 nitrogen and oxygen atoms in total. The standard InChI is InChI=1S/C23H26N4O/c24-15-18-11-13-26(14-12-18)23(28)21-17-27(16-19-7-3-1-4-8-19)25-22(21)20-9-5-2-6-10-20/h1-10,17-18H,11-16,24H2. The topological polar surface area (TPSA) is 64.2 Å². The number of benzene rings is 2. The fourth-order valence-electron chi connectivity index (χ4n) is 3.78. The van der Waals surface area contributed by atoms with Gasteiger partial charge in [0.25, 0.3) is 5.91 Å². The smallest absolute Gasteiger partial charge is 0.257 e. The molecule has 1 aliphatic rings. The quantitative estimate of drug-likeness (QED) is 0.744. The van der Waals surface area contributed by atoms with Crippen LogP contribution in [-0.4, -0.2) is 40.2 Å². The highest BCUT2D eigenvalue weighted by Crippen LogP contribution is 2.25. The van der Waals surface area contributed by atoms with Gasteiger partial charge in [-0.3, -0.25) is 9.48 Å². The van der Waals surface area contributed by atoms with Crippen LogP contribution < -0.4 is 5.73 Å². The monoisotopic (exact) mass is 374 g/mol. The maximum absolute atomic E-state index is 13.3. The van der Waals surface area contributed by atoms with Crippen LogP contribution in [0.25, 0.3) is 11.3 Å². The average Bonchev–Trinajstić information content (AvgIpc) is 3.18. The molecule has 2 aromatic carbocycles. The molecule has 0 aliphatic carbocycles. The summed E-state index contributed by atoms with van der Waals surface area (Å²) in [7, 11) is 0. The lowest BCUT2D eigenvalue weighted by Gasteiger charge is -2.31. The van der Waals surface area contributed by atoms with Gasteiger partial charge in [0, 0.05) is 24.8 Å². The highest BCUT2D eigenvalue weighted by Gasteiger charge is 2.26. The molecule has 1 saturated heterocycles. The molecule has 0 spiro atoms. The second-order valence-electron chi connectivity index (χ2n) is 7.41. The number of likely N-dealkylation sites (tertiary alicyclic amines) is 1. The Morgan fingerprint density at radius 2 is 1.64 bits per heavy atom. The maximum Gasteiger partial charge on any atom is 0.257 e. The second kappa shape index (κ2) is 8.40. The van der Waals surface area contributed by atoms with Crippen LogP contribution >= 0.6 is 0 Å². The SMILES string of the molecule is NCC1CCN(C(=O)c2cn(Cc3ccccc3)nc2-c2ccccc2)CC1. The van der Waals surface area contributed by atoms with Crippen LogP contribution in [0.15, 0.2) is 66.9 Å². The van der Waals surface area contributed by atoms with E-state index in [0.29, 0.717) is 24.6 Å².